The van der Waals surface area contributed by atoms with Gasteiger partial charge >= 0.3 is 0 Å². The van der Waals surface area contributed by atoms with E-state index in [9.17, 15) is 4.79 Å². The Morgan fingerprint density at radius 3 is 2.85 bits per heavy atom. The molecule has 1 heterocycles. The summed E-state index contributed by atoms with van der Waals surface area (Å²) in [7, 11) is 0. The number of carbonyl (C=O) groups excluding carboxylic acids is 1. The van der Waals surface area contributed by atoms with Crippen LogP contribution in [0.15, 0.2) is 36.4 Å². The highest BCUT2D eigenvalue weighted by molar-refractivity contribution is 6.29. The lowest BCUT2D eigenvalue weighted by Gasteiger charge is -2.07. The molecular weight excluding hydrogens is 278 g/mol. The molecule has 1 amide bonds. The van der Waals surface area contributed by atoms with Gasteiger partial charge in [-0.25, -0.2) is 0 Å². The van der Waals surface area contributed by atoms with E-state index in [1.54, 1.807) is 12.1 Å². The smallest absolute Gasteiger partial charge is 0.229 e. The summed E-state index contributed by atoms with van der Waals surface area (Å²) in [6, 6.07) is 10.8. The van der Waals surface area contributed by atoms with E-state index >= 15 is 0 Å². The van der Waals surface area contributed by atoms with Crippen LogP contribution in [0, 0.1) is 6.92 Å². The van der Waals surface area contributed by atoms with E-state index in [-0.39, 0.29) is 17.5 Å². The molecule has 6 heteroatoms. The van der Waals surface area contributed by atoms with Gasteiger partial charge in [0.05, 0.1) is 13.0 Å². The van der Waals surface area contributed by atoms with Crippen molar-refractivity contribution in [3.63, 3.8) is 0 Å². The number of aryl methyl sites for hydroxylation is 1. The molecule has 2 rings (SSSR count). The summed E-state index contributed by atoms with van der Waals surface area (Å²) in [6.45, 7) is 2.29. The van der Waals surface area contributed by atoms with Crippen LogP contribution in [-0.2, 0) is 4.79 Å². The number of rotatable bonds is 5. The molecule has 5 nitrogen and oxygen atoms in total. The molecule has 0 saturated carbocycles. The van der Waals surface area contributed by atoms with Gasteiger partial charge in [-0.2, -0.15) is 0 Å². The summed E-state index contributed by atoms with van der Waals surface area (Å²) >= 11 is 5.61. The van der Waals surface area contributed by atoms with E-state index in [2.05, 4.69) is 15.5 Å². The normalized spacial score (nSPS) is 10.1. The van der Waals surface area contributed by atoms with Gasteiger partial charge in [-0.1, -0.05) is 23.7 Å². The highest BCUT2D eigenvalue weighted by Gasteiger charge is 2.04. The predicted octanol–water partition coefficient (Wildman–Crippen LogP) is 2.85. The van der Waals surface area contributed by atoms with Crippen LogP contribution in [0.3, 0.4) is 0 Å². The van der Waals surface area contributed by atoms with E-state index in [1.807, 2.05) is 31.2 Å². The van der Waals surface area contributed by atoms with Crippen molar-refractivity contribution in [1.29, 1.82) is 0 Å². The maximum atomic E-state index is 11.7. The van der Waals surface area contributed by atoms with Gasteiger partial charge in [-0.3, -0.25) is 4.79 Å². The molecule has 1 aromatic heterocycles. The molecule has 0 spiro atoms. The molecule has 0 unspecified atom stereocenters. The zero-order valence-electron chi connectivity index (χ0n) is 11.0. The van der Waals surface area contributed by atoms with Gasteiger partial charge in [0.15, 0.2) is 11.0 Å². The van der Waals surface area contributed by atoms with Crippen molar-refractivity contribution in [2.45, 2.75) is 13.3 Å². The molecule has 0 aliphatic carbocycles. The minimum atomic E-state index is -0.186. The van der Waals surface area contributed by atoms with Crippen molar-refractivity contribution in [2.24, 2.45) is 0 Å². The number of amides is 1. The molecule has 0 bridgehead atoms. The second-order valence-corrected chi connectivity index (χ2v) is 4.59. The summed E-state index contributed by atoms with van der Waals surface area (Å²) < 4.78 is 5.50. The van der Waals surface area contributed by atoms with Crippen molar-refractivity contribution in [2.75, 3.05) is 11.9 Å². The Balaban J connectivity index is 1.76. The van der Waals surface area contributed by atoms with Crippen molar-refractivity contribution in [1.82, 2.24) is 10.2 Å². The third-order valence-electron chi connectivity index (χ3n) is 2.49. The first kappa shape index (κ1) is 14.3. The van der Waals surface area contributed by atoms with Crippen LogP contribution in [0.2, 0.25) is 5.15 Å². The van der Waals surface area contributed by atoms with Crippen LogP contribution in [0.25, 0.3) is 0 Å². The number of nitrogens with zero attached hydrogens (tertiary/aromatic N) is 2. The number of hydrogen-bond acceptors (Lipinski definition) is 4. The standard InChI is InChI=1S/C14H14ClN3O2/c1-10-3-2-4-11(9-10)20-8-7-14(19)16-13-6-5-12(15)17-18-13/h2-6,9H,7-8H2,1H3,(H,16,18,19). The topological polar surface area (TPSA) is 64.1 Å². The Labute approximate surface area is 121 Å². The highest BCUT2D eigenvalue weighted by atomic mass is 35.5. The summed E-state index contributed by atoms with van der Waals surface area (Å²) in [5, 5.41) is 10.3. The maximum absolute atomic E-state index is 11.7. The van der Waals surface area contributed by atoms with Crippen LogP contribution < -0.4 is 10.1 Å². The van der Waals surface area contributed by atoms with Gasteiger partial charge in [0.1, 0.15) is 5.75 Å². The van der Waals surface area contributed by atoms with Gasteiger partial charge < -0.3 is 10.1 Å². The number of benzene rings is 1. The molecule has 0 fully saturated rings. The van der Waals surface area contributed by atoms with Gasteiger partial charge in [0.25, 0.3) is 0 Å². The van der Waals surface area contributed by atoms with Crippen molar-refractivity contribution >= 4 is 23.3 Å². The quantitative estimate of drug-likeness (QED) is 0.920. The number of anilines is 1. The minimum Gasteiger partial charge on any atom is -0.493 e. The fourth-order valence-corrected chi connectivity index (χ4v) is 1.66. The Bertz CT molecular complexity index is 587. The average molecular weight is 292 g/mol. The second-order valence-electron chi connectivity index (χ2n) is 4.20. The molecule has 1 N–H and O–H groups in total. The van der Waals surface area contributed by atoms with Crippen molar-refractivity contribution < 1.29 is 9.53 Å². The zero-order valence-corrected chi connectivity index (χ0v) is 11.7. The first-order chi connectivity index (χ1) is 9.63. The van der Waals surface area contributed by atoms with E-state index in [0.29, 0.717) is 12.4 Å². The molecule has 1 aromatic carbocycles. The largest absolute Gasteiger partial charge is 0.493 e. The first-order valence-electron chi connectivity index (χ1n) is 6.12. The van der Waals surface area contributed by atoms with E-state index in [1.165, 1.54) is 0 Å². The minimum absolute atomic E-state index is 0.186. The van der Waals surface area contributed by atoms with Crippen LogP contribution in [0.1, 0.15) is 12.0 Å². The number of halogens is 1. The van der Waals surface area contributed by atoms with Crippen LogP contribution in [0.5, 0.6) is 5.75 Å². The van der Waals surface area contributed by atoms with Crippen LogP contribution in [-0.4, -0.2) is 22.7 Å². The first-order valence-corrected chi connectivity index (χ1v) is 6.50. The van der Waals surface area contributed by atoms with Crippen LogP contribution >= 0.6 is 11.6 Å². The Hall–Kier alpha value is -2.14. The van der Waals surface area contributed by atoms with Gasteiger partial charge in [0.2, 0.25) is 5.91 Å². The van der Waals surface area contributed by atoms with E-state index < -0.39 is 0 Å². The summed E-state index contributed by atoms with van der Waals surface area (Å²) in [6.07, 6.45) is 0.234. The van der Waals surface area contributed by atoms with Gasteiger partial charge in [-0.15, -0.1) is 10.2 Å². The number of ether oxygens (including phenoxy) is 1. The van der Waals surface area contributed by atoms with Gasteiger partial charge in [0, 0.05) is 0 Å². The Morgan fingerprint density at radius 1 is 1.30 bits per heavy atom. The fourth-order valence-electron chi connectivity index (χ4n) is 1.55. The zero-order chi connectivity index (χ0) is 14.4. The molecule has 0 radical (unpaired) electrons. The van der Waals surface area contributed by atoms with Crippen molar-refractivity contribution in [3.05, 3.63) is 47.1 Å². The van der Waals surface area contributed by atoms with E-state index in [0.717, 1.165) is 11.3 Å². The lowest BCUT2D eigenvalue weighted by molar-refractivity contribution is -0.116. The molecular formula is C14H14ClN3O2. The highest BCUT2D eigenvalue weighted by Crippen LogP contribution is 2.12. The molecule has 20 heavy (non-hydrogen) atoms. The lowest BCUT2D eigenvalue weighted by atomic mass is 10.2. The van der Waals surface area contributed by atoms with Gasteiger partial charge in [-0.05, 0) is 36.8 Å². The lowest BCUT2D eigenvalue weighted by Crippen LogP contribution is -2.16. The Kier molecular flexibility index (Phi) is 4.90. The maximum Gasteiger partial charge on any atom is 0.229 e. The molecule has 0 saturated heterocycles. The molecule has 2 aromatic rings. The average Bonchev–Trinajstić information content (AvgIpc) is 2.41. The summed E-state index contributed by atoms with van der Waals surface area (Å²) in [4.78, 5) is 11.7. The summed E-state index contributed by atoms with van der Waals surface area (Å²) in [5.41, 5.74) is 1.11. The number of hydrogen-bond donors (Lipinski definition) is 1. The molecule has 0 aliphatic heterocycles. The SMILES string of the molecule is Cc1cccc(OCCC(=O)Nc2ccc(Cl)nn2)c1. The Morgan fingerprint density at radius 2 is 2.15 bits per heavy atom. The molecule has 0 atom stereocenters. The molecule has 0 aliphatic rings. The third kappa shape index (κ3) is 4.51. The summed E-state index contributed by atoms with van der Waals surface area (Å²) in [5.74, 6) is 0.938. The third-order valence-corrected chi connectivity index (χ3v) is 2.69. The number of aromatic nitrogens is 2. The molecule has 104 valence electrons. The number of carbonyl (C=O) groups is 1. The monoisotopic (exact) mass is 291 g/mol. The van der Waals surface area contributed by atoms with E-state index in [4.69, 9.17) is 16.3 Å². The fraction of sp³-hybridized carbons (Fsp3) is 0.214. The van der Waals surface area contributed by atoms with Crippen LogP contribution in [0.4, 0.5) is 5.82 Å². The number of nitrogens with one attached hydrogen (secondary N) is 1. The predicted molar refractivity (Wildman–Crippen MR) is 77.0 cm³/mol. The second kappa shape index (κ2) is 6.86. The van der Waals surface area contributed by atoms with Crippen molar-refractivity contribution in [3.8, 4) is 5.75 Å².